The lowest BCUT2D eigenvalue weighted by molar-refractivity contribution is -0.384. The summed E-state index contributed by atoms with van der Waals surface area (Å²) in [5.74, 6) is -2.31. The number of aliphatic imine (C=N–C) groups is 1. The Bertz CT molecular complexity index is 1160. The molecule has 2 saturated heterocycles. The normalized spacial score (nSPS) is 33.2. The number of carbonyl (C=O) groups excluding carboxylic acids is 3. The molecule has 3 aliphatic heterocycles. The molecule has 12 heteroatoms. The first-order valence-corrected chi connectivity index (χ1v) is 10.4. The number of amides is 1. The molecule has 0 bridgehead atoms. The number of nitrogens with zero attached hydrogens (tertiary/aromatic N) is 3. The van der Waals surface area contributed by atoms with Crippen molar-refractivity contribution >= 4 is 34.7 Å². The van der Waals surface area contributed by atoms with E-state index in [1.54, 1.807) is 6.92 Å². The van der Waals surface area contributed by atoms with Crippen LogP contribution in [0.25, 0.3) is 0 Å². The highest BCUT2D eigenvalue weighted by atomic mass is 16.6. The summed E-state index contributed by atoms with van der Waals surface area (Å²) in [6.45, 7) is 1.84. The Kier molecular flexibility index (Phi) is 4.62. The number of ether oxygens (including phenoxy) is 2. The van der Waals surface area contributed by atoms with E-state index < -0.39 is 34.4 Å². The predicted octanol–water partition coefficient (Wildman–Crippen LogP) is 0.433. The summed E-state index contributed by atoms with van der Waals surface area (Å²) in [6.07, 6.45) is -0.997. The molecule has 4 aliphatic rings. The van der Waals surface area contributed by atoms with E-state index in [1.807, 2.05) is 4.90 Å². The fraction of sp³-hybridized carbons (Fsp3) is 0.429. The lowest BCUT2D eigenvalue weighted by Gasteiger charge is -2.39. The number of nitrogens with two attached hydrogens (primary N) is 1. The summed E-state index contributed by atoms with van der Waals surface area (Å²) in [5.41, 5.74) is 4.79. The van der Waals surface area contributed by atoms with Crippen molar-refractivity contribution in [3.63, 3.8) is 0 Å². The molecule has 1 aromatic carbocycles. The van der Waals surface area contributed by atoms with E-state index in [4.69, 9.17) is 15.2 Å². The number of non-ortho nitro benzene ring substituents is 1. The van der Waals surface area contributed by atoms with Crippen molar-refractivity contribution in [2.45, 2.75) is 24.7 Å². The Hall–Kier alpha value is -3.64. The van der Waals surface area contributed by atoms with Gasteiger partial charge in [0.1, 0.15) is 6.61 Å². The molecule has 3 heterocycles. The van der Waals surface area contributed by atoms with Crippen LogP contribution in [0.2, 0.25) is 0 Å². The molecule has 33 heavy (non-hydrogen) atoms. The lowest BCUT2D eigenvalue weighted by atomic mass is 9.78. The summed E-state index contributed by atoms with van der Waals surface area (Å²) >= 11 is 0. The van der Waals surface area contributed by atoms with Crippen molar-refractivity contribution in [3.8, 4) is 0 Å². The van der Waals surface area contributed by atoms with Gasteiger partial charge in [-0.15, -0.1) is 0 Å². The number of allylic oxidation sites excluding steroid dienone is 1. The maximum Gasteiger partial charge on any atom is 0.404 e. The molecular formula is C21H21N5O7. The third kappa shape index (κ3) is 2.91. The van der Waals surface area contributed by atoms with Crippen LogP contribution in [-0.2, 0) is 19.1 Å². The van der Waals surface area contributed by atoms with Crippen LogP contribution in [0.3, 0.4) is 0 Å². The highest BCUT2D eigenvalue weighted by molar-refractivity contribution is 6.53. The first-order chi connectivity index (χ1) is 15.7. The number of rotatable bonds is 5. The van der Waals surface area contributed by atoms with Gasteiger partial charge in [0.05, 0.1) is 39.9 Å². The first kappa shape index (κ1) is 21.2. The maximum absolute atomic E-state index is 13.7. The van der Waals surface area contributed by atoms with Gasteiger partial charge in [-0.2, -0.15) is 0 Å². The molecule has 0 saturated carbocycles. The molecular weight excluding hydrogens is 434 g/mol. The van der Waals surface area contributed by atoms with Gasteiger partial charge in [-0.25, -0.2) is 9.79 Å². The number of methoxy groups -OCH3 is 1. The van der Waals surface area contributed by atoms with Crippen LogP contribution in [0.4, 0.5) is 16.2 Å². The predicted molar refractivity (Wildman–Crippen MR) is 113 cm³/mol. The molecule has 2 fully saturated rings. The number of fused-ring (bicyclic) bond motifs is 4. The third-order valence-corrected chi connectivity index (χ3v) is 6.85. The number of nitro groups is 1. The van der Waals surface area contributed by atoms with Crippen molar-refractivity contribution in [2.24, 2.45) is 22.6 Å². The fourth-order valence-electron chi connectivity index (χ4n) is 5.31. The zero-order chi connectivity index (χ0) is 23.7. The molecule has 0 spiro atoms. The van der Waals surface area contributed by atoms with Crippen molar-refractivity contribution in [2.75, 3.05) is 20.3 Å². The topological polar surface area (TPSA) is 176 Å². The van der Waals surface area contributed by atoms with Gasteiger partial charge < -0.3 is 25.4 Å². The standard InChI is InChI=1S/C21H21N5O7/c1-9-15(23-10-3-5-11(6-4-10)26(30)31)18(28)14-12(8-33-20(22)29)21(32-2)19-13(24-19)7-25(21)16(14)17(9)27/h3-6,9,12-13,19,24H,7-8H2,1-2H3,(H2,22,29). The quantitative estimate of drug-likeness (QED) is 0.362. The number of primary amides is 1. The highest BCUT2D eigenvalue weighted by Gasteiger charge is 2.73. The van der Waals surface area contributed by atoms with Gasteiger partial charge in [0, 0.05) is 37.4 Å². The van der Waals surface area contributed by atoms with Gasteiger partial charge in [0.25, 0.3) is 5.69 Å². The molecule has 0 radical (unpaired) electrons. The van der Waals surface area contributed by atoms with Crippen LogP contribution < -0.4 is 11.1 Å². The third-order valence-electron chi connectivity index (χ3n) is 6.85. The summed E-state index contributed by atoms with van der Waals surface area (Å²) < 4.78 is 11.0. The SMILES string of the molecule is COC12C(COC(N)=O)C3=C(C(=O)C(C)C(=Nc4ccc([N+](=O)[O-])cc4)C3=O)N1CC1NC12. The number of benzene rings is 1. The molecule has 5 unspecified atom stereocenters. The Morgan fingerprint density at radius 1 is 1.36 bits per heavy atom. The van der Waals surface area contributed by atoms with E-state index >= 15 is 0 Å². The Morgan fingerprint density at radius 3 is 2.67 bits per heavy atom. The van der Waals surface area contributed by atoms with Crippen LogP contribution in [0, 0.1) is 22.0 Å². The van der Waals surface area contributed by atoms with Crippen molar-refractivity contribution in [1.29, 1.82) is 0 Å². The smallest absolute Gasteiger partial charge is 0.404 e. The van der Waals surface area contributed by atoms with Crippen molar-refractivity contribution in [3.05, 3.63) is 45.6 Å². The Labute approximate surface area is 187 Å². The van der Waals surface area contributed by atoms with E-state index in [0.717, 1.165) is 0 Å². The monoisotopic (exact) mass is 455 g/mol. The minimum Gasteiger partial charge on any atom is -0.449 e. The Morgan fingerprint density at radius 2 is 2.06 bits per heavy atom. The van der Waals surface area contributed by atoms with Crippen LogP contribution in [-0.4, -0.2) is 71.3 Å². The first-order valence-electron chi connectivity index (χ1n) is 10.4. The molecule has 12 nitrogen and oxygen atoms in total. The van der Waals surface area contributed by atoms with E-state index in [1.165, 1.54) is 31.4 Å². The lowest BCUT2D eigenvalue weighted by Crippen LogP contribution is -2.55. The average Bonchev–Trinajstić information content (AvgIpc) is 3.40. The highest BCUT2D eigenvalue weighted by Crippen LogP contribution is 2.55. The number of hydrogen-bond donors (Lipinski definition) is 2. The number of piperazine rings is 1. The van der Waals surface area contributed by atoms with Crippen LogP contribution in [0.1, 0.15) is 6.92 Å². The van der Waals surface area contributed by atoms with Gasteiger partial charge in [0.2, 0.25) is 5.78 Å². The molecule has 1 aromatic rings. The van der Waals surface area contributed by atoms with Gasteiger partial charge in [-0.3, -0.25) is 19.7 Å². The van der Waals surface area contributed by atoms with E-state index in [9.17, 15) is 24.5 Å². The molecule has 3 N–H and O–H groups in total. The summed E-state index contributed by atoms with van der Waals surface area (Å²) in [5, 5.41) is 14.2. The summed E-state index contributed by atoms with van der Waals surface area (Å²) in [7, 11) is 1.50. The molecule has 1 aliphatic carbocycles. The largest absolute Gasteiger partial charge is 0.449 e. The van der Waals surface area contributed by atoms with Crippen LogP contribution >= 0.6 is 0 Å². The number of hydrogen-bond acceptors (Lipinski definition) is 10. The van der Waals surface area contributed by atoms with Gasteiger partial charge in [-0.1, -0.05) is 0 Å². The Balaban J connectivity index is 1.58. The fourth-order valence-corrected chi connectivity index (χ4v) is 5.31. The van der Waals surface area contributed by atoms with Gasteiger partial charge in [0.15, 0.2) is 11.5 Å². The zero-order valence-corrected chi connectivity index (χ0v) is 17.8. The van der Waals surface area contributed by atoms with Crippen molar-refractivity contribution < 1.29 is 28.8 Å². The van der Waals surface area contributed by atoms with Gasteiger partial charge in [-0.05, 0) is 19.1 Å². The van der Waals surface area contributed by atoms with Crippen LogP contribution in [0.5, 0.6) is 0 Å². The summed E-state index contributed by atoms with van der Waals surface area (Å²) in [6, 6.07) is 5.34. The van der Waals surface area contributed by atoms with E-state index in [0.29, 0.717) is 12.2 Å². The van der Waals surface area contributed by atoms with Gasteiger partial charge >= 0.3 is 6.09 Å². The maximum atomic E-state index is 13.7. The molecule has 5 rings (SSSR count). The average molecular weight is 455 g/mol. The van der Waals surface area contributed by atoms with E-state index in [2.05, 4.69) is 10.3 Å². The second-order valence-corrected chi connectivity index (χ2v) is 8.45. The van der Waals surface area contributed by atoms with Crippen molar-refractivity contribution in [1.82, 2.24) is 10.2 Å². The van der Waals surface area contributed by atoms with Crippen LogP contribution in [0.15, 0.2) is 40.5 Å². The van der Waals surface area contributed by atoms with E-state index in [-0.39, 0.29) is 47.1 Å². The zero-order valence-electron chi connectivity index (χ0n) is 17.8. The minimum absolute atomic E-state index is 0.0180. The number of nitrogens with one attached hydrogen (secondary N) is 1. The molecule has 1 amide bonds. The molecule has 5 atom stereocenters. The number of Topliss-reactive ketones (excluding diaryl/α,β-unsaturated/α-hetero) is 2. The number of ketones is 2. The minimum atomic E-state index is -1.06. The molecule has 0 aromatic heterocycles. The second kappa shape index (κ2) is 7.18. The second-order valence-electron chi connectivity index (χ2n) is 8.45. The number of carbonyl (C=O) groups is 3. The number of nitro benzene ring substituents is 1. The molecule has 172 valence electrons. The summed E-state index contributed by atoms with van der Waals surface area (Å²) in [4.78, 5) is 55.1.